The number of pyridine rings is 1. The van der Waals surface area contributed by atoms with E-state index in [1.807, 2.05) is 42.5 Å². The van der Waals surface area contributed by atoms with E-state index >= 15 is 0 Å². The van der Waals surface area contributed by atoms with Crippen molar-refractivity contribution in [2.24, 2.45) is 5.73 Å². The molecule has 3 N–H and O–H groups in total. The van der Waals surface area contributed by atoms with Crippen molar-refractivity contribution in [3.63, 3.8) is 0 Å². The van der Waals surface area contributed by atoms with Crippen molar-refractivity contribution in [2.45, 2.75) is 12.3 Å². The third kappa shape index (κ3) is 4.90. The molecule has 6 nitrogen and oxygen atoms in total. The average Bonchev–Trinajstić information content (AvgIpc) is 3.37. The number of hydrogen-bond donors (Lipinski definition) is 2. The van der Waals surface area contributed by atoms with E-state index in [1.54, 1.807) is 17.2 Å². The summed E-state index contributed by atoms with van der Waals surface area (Å²) in [6.07, 6.45) is 2.85. The Kier molecular flexibility index (Phi) is 7.39. The van der Waals surface area contributed by atoms with Crippen molar-refractivity contribution >= 4 is 23.8 Å². The lowest BCUT2D eigenvalue weighted by Crippen LogP contribution is -2.37. The Bertz CT molecular complexity index is 1700. The second kappa shape index (κ2) is 11.6. The number of nitrogens with zero attached hydrogens (tertiary/aromatic N) is 2. The van der Waals surface area contributed by atoms with Crippen LogP contribution < -0.4 is 16.0 Å². The van der Waals surface area contributed by atoms with Gasteiger partial charge in [0.2, 0.25) is 12.3 Å². The summed E-state index contributed by atoms with van der Waals surface area (Å²) in [6.45, 7) is 0.907. The zero-order valence-electron chi connectivity index (χ0n) is 22.5. The summed E-state index contributed by atoms with van der Waals surface area (Å²) >= 11 is 0. The molecule has 1 atom stereocenters. The summed E-state index contributed by atoms with van der Waals surface area (Å²) in [7, 11) is 0. The van der Waals surface area contributed by atoms with Crippen LogP contribution in [0.3, 0.4) is 0 Å². The van der Waals surface area contributed by atoms with Gasteiger partial charge < -0.3 is 16.0 Å². The average molecular weight is 539 g/mol. The van der Waals surface area contributed by atoms with Gasteiger partial charge in [0.15, 0.2) is 0 Å². The molecule has 0 aliphatic heterocycles. The SMILES string of the molecule is NCCCN(C(=O)C1c2ccccc2-c2cccc(-c3ccccc3-c3ccccc3)c21)c1ccc(NC=O)nc1. The summed E-state index contributed by atoms with van der Waals surface area (Å²) in [5.41, 5.74) is 15.1. The van der Waals surface area contributed by atoms with Crippen molar-refractivity contribution in [1.82, 2.24) is 4.98 Å². The largest absolute Gasteiger partial charge is 0.330 e. The predicted molar refractivity (Wildman–Crippen MR) is 165 cm³/mol. The van der Waals surface area contributed by atoms with Gasteiger partial charge in [-0.15, -0.1) is 0 Å². The van der Waals surface area contributed by atoms with Gasteiger partial charge in [0, 0.05) is 6.54 Å². The van der Waals surface area contributed by atoms with E-state index in [2.05, 4.69) is 71.0 Å². The first-order valence-electron chi connectivity index (χ1n) is 13.8. The smallest absolute Gasteiger partial charge is 0.239 e. The van der Waals surface area contributed by atoms with Crippen molar-refractivity contribution in [3.05, 3.63) is 127 Å². The van der Waals surface area contributed by atoms with E-state index in [4.69, 9.17) is 5.73 Å². The van der Waals surface area contributed by atoms with E-state index in [0.29, 0.717) is 37.4 Å². The number of amides is 2. The highest BCUT2D eigenvalue weighted by Gasteiger charge is 2.38. The van der Waals surface area contributed by atoms with E-state index in [-0.39, 0.29) is 5.91 Å². The van der Waals surface area contributed by atoms with Crippen LogP contribution >= 0.6 is 0 Å². The van der Waals surface area contributed by atoms with E-state index in [9.17, 15) is 9.59 Å². The van der Waals surface area contributed by atoms with Gasteiger partial charge in [-0.3, -0.25) is 9.59 Å². The molecule has 0 bridgehead atoms. The predicted octanol–water partition coefficient (Wildman–Crippen LogP) is 6.48. The quantitative estimate of drug-likeness (QED) is 0.210. The summed E-state index contributed by atoms with van der Waals surface area (Å²) in [5.74, 6) is -0.120. The molecule has 41 heavy (non-hydrogen) atoms. The molecule has 6 heteroatoms. The molecule has 0 spiro atoms. The molecule has 1 aliphatic rings. The Hall–Kier alpha value is -5.07. The monoisotopic (exact) mass is 538 g/mol. The Morgan fingerprint density at radius 2 is 1.44 bits per heavy atom. The number of nitrogens with one attached hydrogen (secondary N) is 1. The first-order chi connectivity index (χ1) is 20.2. The summed E-state index contributed by atoms with van der Waals surface area (Å²) < 4.78 is 0. The fourth-order valence-electron chi connectivity index (χ4n) is 5.80. The van der Waals surface area contributed by atoms with Crippen molar-refractivity contribution in [1.29, 1.82) is 0 Å². The molecule has 5 aromatic rings. The lowest BCUT2D eigenvalue weighted by molar-refractivity contribution is -0.119. The molecule has 0 radical (unpaired) electrons. The molecule has 1 unspecified atom stereocenters. The highest BCUT2D eigenvalue weighted by Crippen LogP contribution is 2.50. The number of hydrogen-bond acceptors (Lipinski definition) is 4. The number of nitrogens with two attached hydrogens (primary N) is 1. The number of aromatic nitrogens is 1. The van der Waals surface area contributed by atoms with Crippen LogP contribution in [0.15, 0.2) is 115 Å². The normalized spacial score (nSPS) is 13.2. The number of carbonyl (C=O) groups is 2. The molecule has 0 saturated carbocycles. The number of carbonyl (C=O) groups excluding carboxylic acids is 2. The minimum absolute atomic E-state index is 0.0350. The molecule has 2 amide bonds. The number of rotatable bonds is 9. The van der Waals surface area contributed by atoms with Crippen molar-refractivity contribution in [2.75, 3.05) is 23.3 Å². The zero-order valence-corrected chi connectivity index (χ0v) is 22.5. The standard InChI is InChI=1S/C35H30N4O2/c36-20-9-21-39(25-18-19-32(37-22-25)38-23-40)35(41)34-31-15-7-6-14-28(31)30-17-8-16-29(33(30)34)27-13-5-4-12-26(27)24-10-2-1-3-11-24/h1-8,10-19,22-23,34H,9,20-21,36H2,(H,37,38,40). The fraction of sp³-hybridized carbons (Fsp3) is 0.114. The van der Waals surface area contributed by atoms with E-state index in [0.717, 1.165) is 44.5 Å². The van der Waals surface area contributed by atoms with Crippen LogP contribution in [-0.4, -0.2) is 30.4 Å². The second-order valence-electron chi connectivity index (χ2n) is 9.99. The second-order valence-corrected chi connectivity index (χ2v) is 9.99. The van der Waals surface area contributed by atoms with Gasteiger partial charge in [-0.1, -0.05) is 97.1 Å². The Morgan fingerprint density at radius 1 is 0.780 bits per heavy atom. The molecule has 202 valence electrons. The molecule has 1 aliphatic carbocycles. The minimum Gasteiger partial charge on any atom is -0.330 e. The van der Waals surface area contributed by atoms with Crippen molar-refractivity contribution in [3.8, 4) is 33.4 Å². The van der Waals surface area contributed by atoms with Gasteiger partial charge in [-0.2, -0.15) is 0 Å². The van der Waals surface area contributed by atoms with Gasteiger partial charge in [0.25, 0.3) is 0 Å². The summed E-state index contributed by atoms with van der Waals surface area (Å²) in [5, 5.41) is 2.56. The first kappa shape index (κ1) is 26.2. The number of anilines is 2. The maximum atomic E-state index is 14.7. The van der Waals surface area contributed by atoms with E-state index in [1.165, 1.54) is 0 Å². The molecule has 4 aromatic carbocycles. The maximum Gasteiger partial charge on any atom is 0.239 e. The molecular weight excluding hydrogens is 508 g/mol. The van der Waals surface area contributed by atoms with Crippen LogP contribution in [0.1, 0.15) is 23.5 Å². The first-order valence-corrected chi connectivity index (χ1v) is 13.8. The maximum absolute atomic E-state index is 14.7. The molecule has 1 heterocycles. The van der Waals surface area contributed by atoms with Crippen LogP contribution in [0.5, 0.6) is 0 Å². The van der Waals surface area contributed by atoms with Gasteiger partial charge in [0.05, 0.1) is 17.8 Å². The van der Waals surface area contributed by atoms with Crippen LogP contribution in [-0.2, 0) is 9.59 Å². The summed E-state index contributed by atoms with van der Waals surface area (Å²) in [6, 6.07) is 36.7. The molecule has 6 rings (SSSR count). The van der Waals surface area contributed by atoms with Crippen LogP contribution in [0, 0.1) is 0 Å². The highest BCUT2D eigenvalue weighted by molar-refractivity contribution is 6.07. The highest BCUT2D eigenvalue weighted by atomic mass is 16.2. The van der Waals surface area contributed by atoms with Crippen molar-refractivity contribution < 1.29 is 9.59 Å². The van der Waals surface area contributed by atoms with Crippen LogP contribution in [0.25, 0.3) is 33.4 Å². The minimum atomic E-state index is -0.508. The number of fused-ring (bicyclic) bond motifs is 3. The van der Waals surface area contributed by atoms with Gasteiger partial charge in [-0.25, -0.2) is 4.98 Å². The van der Waals surface area contributed by atoms with Gasteiger partial charge in [-0.05, 0) is 69.6 Å². The third-order valence-electron chi connectivity index (χ3n) is 7.62. The summed E-state index contributed by atoms with van der Waals surface area (Å²) in [4.78, 5) is 31.7. The van der Waals surface area contributed by atoms with Crippen LogP contribution in [0.4, 0.5) is 11.5 Å². The fourth-order valence-corrected chi connectivity index (χ4v) is 5.80. The topological polar surface area (TPSA) is 88.3 Å². The van der Waals surface area contributed by atoms with Gasteiger partial charge >= 0.3 is 0 Å². The van der Waals surface area contributed by atoms with Crippen LogP contribution in [0.2, 0.25) is 0 Å². The third-order valence-corrected chi connectivity index (χ3v) is 7.62. The Balaban J connectivity index is 1.51. The van der Waals surface area contributed by atoms with Gasteiger partial charge in [0.1, 0.15) is 5.82 Å². The number of benzene rings is 4. The molecule has 1 aromatic heterocycles. The zero-order chi connectivity index (χ0) is 28.2. The molecular formula is C35H30N4O2. The lowest BCUT2D eigenvalue weighted by Gasteiger charge is -2.28. The Morgan fingerprint density at radius 3 is 2.15 bits per heavy atom. The molecule has 0 saturated heterocycles. The molecule has 0 fully saturated rings. The lowest BCUT2D eigenvalue weighted by atomic mass is 9.85. The Labute approximate surface area is 239 Å². The van der Waals surface area contributed by atoms with E-state index < -0.39 is 5.92 Å².